The zero-order valence-electron chi connectivity index (χ0n) is 15.2. The normalized spacial score (nSPS) is 15.2. The summed E-state index contributed by atoms with van der Waals surface area (Å²) in [6, 6.07) is 17.0. The number of aryl methyl sites for hydroxylation is 2. The molecule has 4 nitrogen and oxygen atoms in total. The molecule has 0 bridgehead atoms. The summed E-state index contributed by atoms with van der Waals surface area (Å²) < 4.78 is 16.9. The molecule has 0 saturated heterocycles. The second kappa shape index (κ2) is 6.01. The maximum absolute atomic E-state index is 6.21. The lowest BCUT2D eigenvalue weighted by atomic mass is 10.1. The van der Waals surface area contributed by atoms with Gasteiger partial charge in [0.05, 0.1) is 26.4 Å². The number of benzene rings is 2. The Morgan fingerprint density at radius 3 is 1.50 bits per heavy atom. The van der Waals surface area contributed by atoms with Crippen molar-refractivity contribution in [1.29, 1.82) is 0 Å². The third-order valence-electron chi connectivity index (χ3n) is 5.66. The Bertz CT molecular complexity index is 1030. The number of fused-ring (bicyclic) bond motifs is 6. The number of ether oxygens (including phenoxy) is 2. The molecule has 4 aromatic rings. The molecule has 1 aliphatic heterocycles. The van der Waals surface area contributed by atoms with E-state index < -0.39 is 0 Å². The van der Waals surface area contributed by atoms with E-state index >= 15 is 0 Å². The van der Waals surface area contributed by atoms with Crippen molar-refractivity contribution in [3.05, 3.63) is 71.0 Å². The van der Waals surface area contributed by atoms with Crippen molar-refractivity contribution in [2.75, 3.05) is 0 Å². The maximum Gasteiger partial charge on any atom is 0.0876 e. The lowest BCUT2D eigenvalue weighted by molar-refractivity contribution is 0.0766. The molecule has 132 valence electrons. The Hall–Kier alpha value is -2.56. The van der Waals surface area contributed by atoms with Crippen LogP contribution < -0.4 is 0 Å². The van der Waals surface area contributed by atoms with Crippen molar-refractivity contribution >= 4 is 21.8 Å². The van der Waals surface area contributed by atoms with Crippen LogP contribution in [0, 0.1) is 0 Å². The fraction of sp³-hybridized carbons (Fsp3) is 0.273. The van der Waals surface area contributed by atoms with E-state index in [1.807, 2.05) is 0 Å². The highest BCUT2D eigenvalue weighted by Crippen LogP contribution is 2.31. The van der Waals surface area contributed by atoms with Crippen LogP contribution in [0.3, 0.4) is 0 Å². The van der Waals surface area contributed by atoms with Crippen molar-refractivity contribution in [2.24, 2.45) is 14.1 Å². The summed E-state index contributed by atoms with van der Waals surface area (Å²) in [5.41, 5.74) is 7.35. The van der Waals surface area contributed by atoms with Gasteiger partial charge in [0.2, 0.25) is 0 Å². The average Bonchev–Trinajstić information content (AvgIpc) is 3.10. The monoisotopic (exact) mass is 346 g/mol. The fourth-order valence-corrected chi connectivity index (χ4v) is 4.24. The van der Waals surface area contributed by atoms with Crippen LogP contribution in [0.4, 0.5) is 0 Å². The highest BCUT2D eigenvalue weighted by atomic mass is 16.5. The molecule has 0 N–H and O–H groups in total. The Morgan fingerprint density at radius 1 is 0.615 bits per heavy atom. The molecule has 0 saturated carbocycles. The minimum absolute atomic E-state index is 0.590. The standard InChI is InChI=1S/C22H22N2O2/c1-23-19-9-5-3-7-15(19)17-11-26-14-22-18(12-25-13-21(17)23)16-8-4-6-10-20(16)24(22)2/h3-10H,11-14H2,1-2H3. The number of rotatable bonds is 0. The molecule has 0 amide bonds. The minimum Gasteiger partial charge on any atom is -0.370 e. The van der Waals surface area contributed by atoms with Crippen LogP contribution in [0.1, 0.15) is 22.5 Å². The lowest BCUT2D eigenvalue weighted by Crippen LogP contribution is -2.09. The number of nitrogens with zero attached hydrogens (tertiary/aromatic N) is 2. The van der Waals surface area contributed by atoms with Crippen molar-refractivity contribution < 1.29 is 9.47 Å². The number of para-hydroxylation sites is 2. The molecule has 26 heavy (non-hydrogen) atoms. The number of aromatic nitrogens is 2. The summed E-state index contributed by atoms with van der Waals surface area (Å²) in [6.07, 6.45) is 0. The van der Waals surface area contributed by atoms with E-state index in [9.17, 15) is 0 Å². The summed E-state index contributed by atoms with van der Waals surface area (Å²) in [7, 11) is 4.22. The molecule has 0 radical (unpaired) electrons. The van der Waals surface area contributed by atoms with Gasteiger partial charge in [-0.3, -0.25) is 0 Å². The van der Waals surface area contributed by atoms with Gasteiger partial charge in [-0.25, -0.2) is 0 Å². The molecule has 0 fully saturated rings. The fourth-order valence-electron chi connectivity index (χ4n) is 4.24. The van der Waals surface area contributed by atoms with Gasteiger partial charge in [0.15, 0.2) is 0 Å². The second-order valence-corrected chi connectivity index (χ2v) is 6.99. The van der Waals surface area contributed by atoms with Gasteiger partial charge in [0.25, 0.3) is 0 Å². The molecule has 1 aliphatic rings. The SMILES string of the molecule is Cn1c2c(c3ccccc31)COCc1c(c3ccccc3n1C)COC2. The third-order valence-corrected chi connectivity index (χ3v) is 5.66. The third kappa shape index (κ3) is 2.23. The first-order valence-electron chi connectivity index (χ1n) is 9.01. The summed E-state index contributed by atoms with van der Waals surface area (Å²) in [4.78, 5) is 0. The van der Waals surface area contributed by atoms with Gasteiger partial charge in [-0.05, 0) is 12.1 Å². The minimum atomic E-state index is 0.590. The van der Waals surface area contributed by atoms with Crippen LogP contribution in [0.2, 0.25) is 0 Å². The first kappa shape index (κ1) is 15.7. The van der Waals surface area contributed by atoms with E-state index in [-0.39, 0.29) is 0 Å². The first-order valence-corrected chi connectivity index (χ1v) is 9.01. The number of hydrogen-bond donors (Lipinski definition) is 0. The zero-order chi connectivity index (χ0) is 17.7. The molecule has 0 atom stereocenters. The van der Waals surface area contributed by atoms with Crippen molar-refractivity contribution in [3.8, 4) is 0 Å². The zero-order valence-corrected chi connectivity index (χ0v) is 15.2. The van der Waals surface area contributed by atoms with Crippen LogP contribution >= 0.6 is 0 Å². The van der Waals surface area contributed by atoms with Gasteiger partial charge < -0.3 is 18.6 Å². The van der Waals surface area contributed by atoms with E-state index in [1.165, 1.54) is 44.3 Å². The van der Waals surface area contributed by atoms with Gasteiger partial charge in [-0.1, -0.05) is 36.4 Å². The van der Waals surface area contributed by atoms with E-state index in [1.54, 1.807) is 0 Å². The number of hydrogen-bond acceptors (Lipinski definition) is 2. The van der Waals surface area contributed by atoms with E-state index in [2.05, 4.69) is 71.8 Å². The molecule has 0 unspecified atom stereocenters. The van der Waals surface area contributed by atoms with Crippen molar-refractivity contribution in [1.82, 2.24) is 9.13 Å². The summed E-state index contributed by atoms with van der Waals surface area (Å²) in [6.45, 7) is 2.38. The largest absolute Gasteiger partial charge is 0.370 e. The molecular weight excluding hydrogens is 324 g/mol. The van der Waals surface area contributed by atoms with Gasteiger partial charge in [-0.2, -0.15) is 0 Å². The second-order valence-electron chi connectivity index (χ2n) is 6.99. The highest BCUT2D eigenvalue weighted by molar-refractivity contribution is 5.86. The Morgan fingerprint density at radius 2 is 1.04 bits per heavy atom. The molecule has 2 aromatic carbocycles. The average molecular weight is 346 g/mol. The van der Waals surface area contributed by atoms with Gasteiger partial charge in [-0.15, -0.1) is 0 Å². The van der Waals surface area contributed by atoms with Gasteiger partial charge in [0, 0.05) is 58.4 Å². The van der Waals surface area contributed by atoms with E-state index in [0.717, 1.165) is 0 Å². The van der Waals surface area contributed by atoms with Crippen LogP contribution in [-0.2, 0) is 50.0 Å². The van der Waals surface area contributed by atoms with E-state index in [4.69, 9.17) is 9.47 Å². The molecule has 2 aromatic heterocycles. The van der Waals surface area contributed by atoms with Gasteiger partial charge >= 0.3 is 0 Å². The molecule has 3 heterocycles. The quantitative estimate of drug-likeness (QED) is 0.472. The van der Waals surface area contributed by atoms with E-state index in [0.29, 0.717) is 26.4 Å². The molecular formula is C22H22N2O2. The van der Waals surface area contributed by atoms with Crippen molar-refractivity contribution in [3.63, 3.8) is 0 Å². The van der Waals surface area contributed by atoms with Crippen LogP contribution in [-0.4, -0.2) is 9.13 Å². The molecule has 0 spiro atoms. The summed E-state index contributed by atoms with van der Waals surface area (Å²) in [5.74, 6) is 0. The van der Waals surface area contributed by atoms with Crippen LogP contribution in [0.5, 0.6) is 0 Å². The molecule has 0 aliphatic carbocycles. The highest BCUT2D eigenvalue weighted by Gasteiger charge is 2.20. The predicted molar refractivity (Wildman–Crippen MR) is 103 cm³/mol. The first-order chi connectivity index (χ1) is 12.8. The predicted octanol–water partition coefficient (Wildman–Crippen LogP) is 4.42. The Kier molecular flexibility index (Phi) is 3.62. The van der Waals surface area contributed by atoms with Crippen LogP contribution in [0.25, 0.3) is 21.8 Å². The Balaban J connectivity index is 1.60. The van der Waals surface area contributed by atoms with Crippen LogP contribution in [0.15, 0.2) is 48.5 Å². The Labute approximate surface area is 152 Å². The topological polar surface area (TPSA) is 28.3 Å². The summed E-state index contributed by atoms with van der Waals surface area (Å²) in [5, 5.41) is 2.51. The maximum atomic E-state index is 6.21. The molecule has 4 heteroatoms. The lowest BCUT2D eigenvalue weighted by Gasteiger charge is -2.14. The molecule has 5 rings (SSSR count). The summed E-state index contributed by atoms with van der Waals surface area (Å²) >= 11 is 0. The van der Waals surface area contributed by atoms with Gasteiger partial charge in [0.1, 0.15) is 0 Å². The van der Waals surface area contributed by atoms with Crippen molar-refractivity contribution in [2.45, 2.75) is 26.4 Å². The smallest absolute Gasteiger partial charge is 0.0876 e.